The number of hydrogen-bond acceptors (Lipinski definition) is 5. The lowest BCUT2D eigenvalue weighted by Crippen LogP contribution is -2.33. The van der Waals surface area contributed by atoms with Crippen LogP contribution in [0.25, 0.3) is 0 Å². The average Bonchev–Trinajstić information content (AvgIpc) is 3.09. The standard InChI is InChI=1S/C20H25BrClN5O3/c1-26-11-8-13(9-12-26)7-10-23-20(29)30-18-16(21)17(24-25-18)27(2)19(28)14-5-3-4-6-15(14)22/h3-6,13H,7-12H2,1-2H3,(H,23,29)(H,24,25). The fourth-order valence-electron chi connectivity index (χ4n) is 3.36. The monoisotopic (exact) mass is 497 g/mol. The lowest BCUT2D eigenvalue weighted by atomic mass is 9.94. The first kappa shape index (κ1) is 22.6. The number of amides is 2. The third-order valence-electron chi connectivity index (χ3n) is 5.25. The summed E-state index contributed by atoms with van der Waals surface area (Å²) in [6.45, 7) is 2.74. The summed E-state index contributed by atoms with van der Waals surface area (Å²) in [5.41, 5.74) is 0.359. The predicted molar refractivity (Wildman–Crippen MR) is 119 cm³/mol. The Morgan fingerprint density at radius 3 is 2.77 bits per heavy atom. The number of H-pyrrole nitrogens is 1. The zero-order valence-electron chi connectivity index (χ0n) is 17.0. The van der Waals surface area contributed by atoms with Crippen molar-refractivity contribution in [2.75, 3.05) is 38.6 Å². The van der Waals surface area contributed by atoms with Crippen LogP contribution < -0.4 is 15.0 Å². The highest BCUT2D eigenvalue weighted by molar-refractivity contribution is 9.10. The number of carbonyl (C=O) groups is 2. The molecule has 162 valence electrons. The molecule has 0 radical (unpaired) electrons. The van der Waals surface area contributed by atoms with Crippen molar-refractivity contribution in [1.29, 1.82) is 0 Å². The van der Waals surface area contributed by atoms with E-state index in [2.05, 4.69) is 43.4 Å². The average molecular weight is 499 g/mol. The Balaban J connectivity index is 1.53. The molecule has 10 heteroatoms. The highest BCUT2D eigenvalue weighted by atomic mass is 79.9. The molecule has 0 aliphatic carbocycles. The van der Waals surface area contributed by atoms with E-state index in [1.54, 1.807) is 31.3 Å². The molecule has 1 aromatic heterocycles. The molecule has 0 saturated carbocycles. The van der Waals surface area contributed by atoms with Crippen molar-refractivity contribution in [2.24, 2.45) is 5.92 Å². The van der Waals surface area contributed by atoms with E-state index in [4.69, 9.17) is 16.3 Å². The molecule has 8 nitrogen and oxygen atoms in total. The van der Waals surface area contributed by atoms with Crippen LogP contribution in [0.1, 0.15) is 29.6 Å². The molecular weight excluding hydrogens is 474 g/mol. The quantitative estimate of drug-likeness (QED) is 0.630. The minimum absolute atomic E-state index is 0.0561. The van der Waals surface area contributed by atoms with Gasteiger partial charge in [-0.25, -0.2) is 4.79 Å². The van der Waals surface area contributed by atoms with Gasteiger partial charge >= 0.3 is 6.09 Å². The van der Waals surface area contributed by atoms with Gasteiger partial charge in [0.1, 0.15) is 10.3 Å². The van der Waals surface area contributed by atoms with Crippen molar-refractivity contribution >= 4 is 45.3 Å². The molecule has 0 atom stereocenters. The highest BCUT2D eigenvalue weighted by Gasteiger charge is 2.24. The van der Waals surface area contributed by atoms with E-state index < -0.39 is 6.09 Å². The van der Waals surface area contributed by atoms with Crippen LogP contribution >= 0.6 is 27.5 Å². The Kier molecular flexibility index (Phi) is 7.74. The second-order valence-electron chi connectivity index (χ2n) is 7.39. The van der Waals surface area contributed by atoms with Gasteiger partial charge in [0, 0.05) is 13.6 Å². The van der Waals surface area contributed by atoms with Gasteiger partial charge in [0.25, 0.3) is 11.8 Å². The maximum Gasteiger partial charge on any atom is 0.414 e. The first-order chi connectivity index (χ1) is 14.4. The van der Waals surface area contributed by atoms with E-state index in [1.165, 1.54) is 4.90 Å². The highest BCUT2D eigenvalue weighted by Crippen LogP contribution is 2.33. The Bertz CT molecular complexity index is 898. The minimum Gasteiger partial charge on any atom is -0.388 e. The zero-order valence-corrected chi connectivity index (χ0v) is 19.3. The normalized spacial score (nSPS) is 15.1. The van der Waals surface area contributed by atoms with Crippen LogP contribution in [0.3, 0.4) is 0 Å². The van der Waals surface area contributed by atoms with Gasteiger partial charge in [-0.15, -0.1) is 5.10 Å². The molecule has 2 amide bonds. The number of ether oxygens (including phenoxy) is 1. The summed E-state index contributed by atoms with van der Waals surface area (Å²) in [5.74, 6) is 0.711. The van der Waals surface area contributed by atoms with Crippen molar-refractivity contribution in [3.63, 3.8) is 0 Å². The number of piperidine rings is 1. The van der Waals surface area contributed by atoms with Gasteiger partial charge in [-0.1, -0.05) is 23.7 Å². The molecule has 1 fully saturated rings. The molecule has 2 aromatic rings. The second kappa shape index (κ2) is 10.3. The minimum atomic E-state index is -0.582. The van der Waals surface area contributed by atoms with Crippen LogP contribution in [-0.2, 0) is 0 Å². The molecule has 1 aromatic carbocycles. The molecule has 1 aliphatic rings. The lowest BCUT2D eigenvalue weighted by molar-refractivity contribution is 0.0992. The summed E-state index contributed by atoms with van der Waals surface area (Å²) < 4.78 is 5.65. The van der Waals surface area contributed by atoms with E-state index in [1.807, 2.05) is 0 Å². The number of rotatable bonds is 6. The van der Waals surface area contributed by atoms with E-state index in [0.717, 1.165) is 32.4 Å². The molecular formula is C20H25BrClN5O3. The van der Waals surface area contributed by atoms with Crippen LogP contribution in [-0.4, -0.2) is 60.8 Å². The van der Waals surface area contributed by atoms with E-state index in [-0.39, 0.29) is 11.8 Å². The van der Waals surface area contributed by atoms with Crippen molar-refractivity contribution < 1.29 is 14.3 Å². The molecule has 30 heavy (non-hydrogen) atoms. The summed E-state index contributed by atoms with van der Waals surface area (Å²) in [5, 5.41) is 9.83. The first-order valence-corrected chi connectivity index (χ1v) is 10.9. The summed E-state index contributed by atoms with van der Waals surface area (Å²) in [4.78, 5) is 28.5. The number of anilines is 1. The summed E-state index contributed by atoms with van der Waals surface area (Å²) >= 11 is 9.46. The molecule has 2 heterocycles. The van der Waals surface area contributed by atoms with Crippen LogP contribution in [0.5, 0.6) is 5.88 Å². The molecule has 0 spiro atoms. The lowest BCUT2D eigenvalue weighted by Gasteiger charge is -2.28. The van der Waals surface area contributed by atoms with E-state index in [0.29, 0.717) is 33.3 Å². The van der Waals surface area contributed by atoms with Crippen LogP contribution in [0.2, 0.25) is 5.02 Å². The fraction of sp³-hybridized carbons (Fsp3) is 0.450. The molecule has 3 rings (SSSR count). The largest absolute Gasteiger partial charge is 0.414 e. The number of carbonyl (C=O) groups excluding carboxylic acids is 2. The number of likely N-dealkylation sites (tertiary alicyclic amines) is 1. The summed E-state index contributed by atoms with van der Waals surface area (Å²) in [6.07, 6.45) is 2.63. The maximum atomic E-state index is 12.7. The van der Waals surface area contributed by atoms with Crippen molar-refractivity contribution in [3.05, 3.63) is 39.3 Å². The van der Waals surface area contributed by atoms with Gasteiger partial charge in [-0.05, 0) is 73.4 Å². The molecule has 1 aliphatic heterocycles. The Morgan fingerprint density at radius 1 is 1.37 bits per heavy atom. The first-order valence-electron chi connectivity index (χ1n) is 9.77. The van der Waals surface area contributed by atoms with Crippen LogP contribution in [0.15, 0.2) is 28.7 Å². The molecule has 0 unspecified atom stereocenters. The number of aromatic amines is 1. The van der Waals surface area contributed by atoms with Crippen molar-refractivity contribution in [2.45, 2.75) is 19.3 Å². The van der Waals surface area contributed by atoms with E-state index >= 15 is 0 Å². The maximum absolute atomic E-state index is 12.7. The number of benzene rings is 1. The molecule has 2 N–H and O–H groups in total. The summed E-state index contributed by atoms with van der Waals surface area (Å²) in [6, 6.07) is 6.78. The SMILES string of the molecule is CN1CCC(CCNC(=O)Oc2n[nH]c(N(C)C(=O)c3ccccc3Cl)c2Br)CC1. The Hall–Kier alpha value is -2.10. The van der Waals surface area contributed by atoms with Gasteiger partial charge in [0.2, 0.25) is 0 Å². The van der Waals surface area contributed by atoms with Crippen molar-refractivity contribution in [1.82, 2.24) is 20.4 Å². The van der Waals surface area contributed by atoms with Crippen molar-refractivity contribution in [3.8, 4) is 5.88 Å². The smallest absolute Gasteiger partial charge is 0.388 e. The fourth-order valence-corrected chi connectivity index (χ4v) is 4.10. The summed E-state index contributed by atoms with van der Waals surface area (Å²) in [7, 11) is 3.71. The predicted octanol–water partition coefficient (Wildman–Crippen LogP) is 3.92. The Labute approximate surface area is 189 Å². The van der Waals surface area contributed by atoms with Gasteiger partial charge < -0.3 is 15.0 Å². The number of nitrogens with zero attached hydrogens (tertiary/aromatic N) is 3. The van der Waals surface area contributed by atoms with Gasteiger partial charge in [0.15, 0.2) is 0 Å². The number of halogens is 2. The van der Waals surface area contributed by atoms with Gasteiger partial charge in [-0.2, -0.15) is 0 Å². The topological polar surface area (TPSA) is 90.6 Å². The zero-order chi connectivity index (χ0) is 21.7. The second-order valence-corrected chi connectivity index (χ2v) is 8.59. The van der Waals surface area contributed by atoms with Crippen LogP contribution in [0, 0.1) is 5.92 Å². The van der Waals surface area contributed by atoms with Crippen LogP contribution in [0.4, 0.5) is 10.6 Å². The Morgan fingerprint density at radius 2 is 2.07 bits per heavy atom. The third kappa shape index (κ3) is 5.53. The van der Waals surface area contributed by atoms with Gasteiger partial charge in [0.05, 0.1) is 10.6 Å². The van der Waals surface area contributed by atoms with E-state index in [9.17, 15) is 9.59 Å². The number of hydrogen-bond donors (Lipinski definition) is 2. The number of nitrogens with one attached hydrogen (secondary N) is 2. The molecule has 1 saturated heterocycles. The van der Waals surface area contributed by atoms with Gasteiger partial charge in [-0.3, -0.25) is 14.8 Å². The third-order valence-corrected chi connectivity index (χ3v) is 6.30. The number of aromatic nitrogens is 2. The molecule has 0 bridgehead atoms.